The summed E-state index contributed by atoms with van der Waals surface area (Å²) >= 11 is 1.69. The van der Waals surface area contributed by atoms with Gasteiger partial charge in [-0.2, -0.15) is 0 Å². The smallest absolute Gasteiger partial charge is 0.323 e. The number of hydrogen-bond acceptors (Lipinski definition) is 4. The van der Waals surface area contributed by atoms with Crippen molar-refractivity contribution in [2.75, 3.05) is 7.11 Å². The van der Waals surface area contributed by atoms with Gasteiger partial charge >= 0.3 is 5.97 Å². The predicted octanol–water partition coefficient (Wildman–Crippen LogP) is 3.01. The maximum Gasteiger partial charge on any atom is 0.323 e. The van der Waals surface area contributed by atoms with Crippen molar-refractivity contribution in [3.63, 3.8) is 0 Å². The summed E-state index contributed by atoms with van der Waals surface area (Å²) in [6, 6.07) is 12.1. The Balaban J connectivity index is 1.88. The lowest BCUT2D eigenvalue weighted by atomic mass is 9.93. The molecule has 112 valence electrons. The van der Waals surface area contributed by atoms with E-state index in [1.165, 1.54) is 22.9 Å². The van der Waals surface area contributed by atoms with Gasteiger partial charge in [0.15, 0.2) is 0 Å². The lowest BCUT2D eigenvalue weighted by Crippen LogP contribution is -2.45. The fourth-order valence-corrected chi connectivity index (χ4v) is 4.00. The number of benzene rings is 1. The van der Waals surface area contributed by atoms with Crippen molar-refractivity contribution in [2.45, 2.75) is 18.5 Å². The summed E-state index contributed by atoms with van der Waals surface area (Å²) in [5, 5.41) is 6.67. The van der Waals surface area contributed by atoms with Crippen LogP contribution >= 0.6 is 11.3 Å². The lowest BCUT2D eigenvalue weighted by Gasteiger charge is -2.29. The Morgan fingerprint density at radius 3 is 2.91 bits per heavy atom. The van der Waals surface area contributed by atoms with Gasteiger partial charge in [-0.05, 0) is 23.1 Å². The Morgan fingerprint density at radius 1 is 1.27 bits per heavy atom. The van der Waals surface area contributed by atoms with Crippen molar-refractivity contribution in [2.24, 2.45) is 0 Å². The van der Waals surface area contributed by atoms with E-state index in [1.54, 1.807) is 11.3 Å². The fraction of sp³-hybridized carbons (Fsp3) is 0.235. The number of thiophene rings is 1. The molecule has 0 fully saturated rings. The van der Waals surface area contributed by atoms with Crippen LogP contribution in [0.3, 0.4) is 0 Å². The van der Waals surface area contributed by atoms with E-state index in [0.717, 1.165) is 11.2 Å². The molecule has 0 bridgehead atoms. The number of aromatic nitrogens is 1. The molecule has 0 spiro atoms. The van der Waals surface area contributed by atoms with Crippen molar-refractivity contribution >= 4 is 28.2 Å². The zero-order valence-electron chi connectivity index (χ0n) is 12.1. The Labute approximate surface area is 132 Å². The van der Waals surface area contributed by atoms with Crippen LogP contribution in [-0.2, 0) is 16.0 Å². The Hall–Kier alpha value is -2.11. The SMILES string of the molecule is COC(=O)C1Cc2c([nH]c3ccccc23)C(c2cccs2)N1. The first kappa shape index (κ1) is 13.5. The molecular weight excluding hydrogens is 296 g/mol. The van der Waals surface area contributed by atoms with Crippen molar-refractivity contribution in [3.8, 4) is 0 Å². The quantitative estimate of drug-likeness (QED) is 0.715. The van der Waals surface area contributed by atoms with Crippen LogP contribution in [0.5, 0.6) is 0 Å². The molecule has 2 N–H and O–H groups in total. The molecule has 2 unspecified atom stereocenters. The monoisotopic (exact) mass is 312 g/mol. The molecule has 5 heteroatoms. The highest BCUT2D eigenvalue weighted by Gasteiger charge is 2.34. The third-order valence-corrected chi connectivity index (χ3v) is 5.16. The number of carbonyl (C=O) groups is 1. The lowest BCUT2D eigenvalue weighted by molar-refractivity contribution is -0.143. The summed E-state index contributed by atoms with van der Waals surface area (Å²) in [7, 11) is 1.44. The minimum atomic E-state index is -0.316. The average molecular weight is 312 g/mol. The molecule has 1 aliphatic rings. The van der Waals surface area contributed by atoms with Gasteiger partial charge in [-0.15, -0.1) is 11.3 Å². The molecule has 0 saturated carbocycles. The van der Waals surface area contributed by atoms with Crippen LogP contribution in [0, 0.1) is 0 Å². The molecule has 0 amide bonds. The van der Waals surface area contributed by atoms with E-state index in [4.69, 9.17) is 4.74 Å². The van der Waals surface area contributed by atoms with E-state index < -0.39 is 0 Å². The van der Waals surface area contributed by atoms with Crippen LogP contribution in [0.2, 0.25) is 0 Å². The Morgan fingerprint density at radius 2 is 2.14 bits per heavy atom. The van der Waals surface area contributed by atoms with E-state index >= 15 is 0 Å². The zero-order valence-corrected chi connectivity index (χ0v) is 12.9. The van der Waals surface area contributed by atoms with Gasteiger partial charge < -0.3 is 9.72 Å². The molecule has 3 aromatic rings. The first-order valence-corrected chi connectivity index (χ1v) is 8.12. The maximum atomic E-state index is 12.1. The van der Waals surface area contributed by atoms with Crippen LogP contribution in [0.4, 0.5) is 0 Å². The molecule has 4 nitrogen and oxygen atoms in total. The summed E-state index contributed by atoms with van der Waals surface area (Å²) in [6.45, 7) is 0. The Bertz CT molecular complexity index is 822. The van der Waals surface area contributed by atoms with Gasteiger partial charge in [-0.3, -0.25) is 10.1 Å². The highest BCUT2D eigenvalue weighted by molar-refractivity contribution is 7.10. The number of aromatic amines is 1. The van der Waals surface area contributed by atoms with Crippen LogP contribution < -0.4 is 5.32 Å². The third-order valence-electron chi connectivity index (χ3n) is 4.22. The number of H-pyrrole nitrogens is 1. The number of para-hydroxylation sites is 1. The van der Waals surface area contributed by atoms with E-state index in [9.17, 15) is 4.79 Å². The number of ether oxygens (including phenoxy) is 1. The van der Waals surface area contributed by atoms with E-state index in [-0.39, 0.29) is 18.1 Å². The van der Waals surface area contributed by atoms with Gasteiger partial charge in [-0.1, -0.05) is 24.3 Å². The first-order valence-electron chi connectivity index (χ1n) is 7.24. The second-order valence-electron chi connectivity index (χ2n) is 5.46. The number of esters is 1. The standard InChI is InChI=1S/C17H16N2O2S/c1-21-17(20)13-9-11-10-5-2-3-6-12(10)18-15(11)16(19-13)14-7-4-8-22-14/h2-8,13,16,18-19H,9H2,1H3. The van der Waals surface area contributed by atoms with E-state index in [1.807, 2.05) is 18.2 Å². The van der Waals surface area contributed by atoms with Crippen molar-refractivity contribution in [1.29, 1.82) is 0 Å². The van der Waals surface area contributed by atoms with Gasteiger partial charge in [0, 0.05) is 27.9 Å². The molecule has 2 atom stereocenters. The number of methoxy groups -OCH3 is 1. The molecule has 0 aliphatic carbocycles. The third kappa shape index (κ3) is 2.05. The highest BCUT2D eigenvalue weighted by Crippen LogP contribution is 2.36. The van der Waals surface area contributed by atoms with Gasteiger partial charge in [0.25, 0.3) is 0 Å². The summed E-state index contributed by atoms with van der Waals surface area (Å²) in [4.78, 5) is 16.8. The largest absolute Gasteiger partial charge is 0.468 e. The topological polar surface area (TPSA) is 54.1 Å². The Kier molecular flexibility index (Phi) is 3.24. The van der Waals surface area contributed by atoms with Gasteiger partial charge in [0.05, 0.1) is 13.2 Å². The minimum absolute atomic E-state index is 0.000231. The summed E-state index contributed by atoms with van der Waals surface area (Å²) in [6.07, 6.45) is 0.647. The number of hydrogen-bond donors (Lipinski definition) is 2. The first-order chi connectivity index (χ1) is 10.8. The van der Waals surface area contributed by atoms with Crippen molar-refractivity contribution in [3.05, 3.63) is 57.9 Å². The van der Waals surface area contributed by atoms with Crippen LogP contribution in [0.1, 0.15) is 22.2 Å². The van der Waals surface area contributed by atoms with Crippen LogP contribution in [-0.4, -0.2) is 24.1 Å². The minimum Gasteiger partial charge on any atom is -0.468 e. The molecule has 3 heterocycles. The molecule has 22 heavy (non-hydrogen) atoms. The molecule has 1 aliphatic heterocycles. The molecular formula is C17H16N2O2S. The number of nitrogens with one attached hydrogen (secondary N) is 2. The number of carbonyl (C=O) groups excluding carboxylic acids is 1. The summed E-state index contributed by atoms with van der Waals surface area (Å²) in [5.41, 5.74) is 3.48. The maximum absolute atomic E-state index is 12.1. The van der Waals surface area contributed by atoms with E-state index in [0.29, 0.717) is 6.42 Å². The van der Waals surface area contributed by atoms with Gasteiger partial charge in [0.1, 0.15) is 6.04 Å². The van der Waals surface area contributed by atoms with Gasteiger partial charge in [0.2, 0.25) is 0 Å². The average Bonchev–Trinajstić information content (AvgIpc) is 3.20. The van der Waals surface area contributed by atoms with Crippen LogP contribution in [0.15, 0.2) is 41.8 Å². The number of rotatable bonds is 2. The summed E-state index contributed by atoms with van der Waals surface area (Å²) < 4.78 is 4.95. The zero-order chi connectivity index (χ0) is 15.1. The second-order valence-corrected chi connectivity index (χ2v) is 6.44. The predicted molar refractivity (Wildman–Crippen MR) is 87.1 cm³/mol. The second kappa shape index (κ2) is 5.26. The van der Waals surface area contributed by atoms with E-state index in [2.05, 4.69) is 33.9 Å². The van der Waals surface area contributed by atoms with Crippen molar-refractivity contribution < 1.29 is 9.53 Å². The molecule has 0 saturated heterocycles. The number of fused-ring (bicyclic) bond motifs is 3. The van der Waals surface area contributed by atoms with Gasteiger partial charge in [-0.25, -0.2) is 0 Å². The summed E-state index contributed by atoms with van der Waals surface area (Å²) in [5.74, 6) is -0.211. The normalized spacial score (nSPS) is 20.8. The highest BCUT2D eigenvalue weighted by atomic mass is 32.1. The fourth-order valence-electron chi connectivity index (χ4n) is 3.21. The molecule has 2 aromatic heterocycles. The molecule has 1 aromatic carbocycles. The molecule has 0 radical (unpaired) electrons. The molecule has 4 rings (SSSR count). The van der Waals surface area contributed by atoms with Crippen LogP contribution in [0.25, 0.3) is 10.9 Å². The van der Waals surface area contributed by atoms with Crippen molar-refractivity contribution in [1.82, 2.24) is 10.3 Å².